The standard InChI is InChI=1S/C20H21FN4O2/c21-15-3-4-16-17(12-23-18(16)10-15)19(20(26)27)25-8-6-24(7-9-25)13-14-2-1-5-22-11-14/h1-5,10-12,19,23H,6-9,13H2,(H,26,27)/t19-/m0/s1. The summed E-state index contributed by atoms with van der Waals surface area (Å²) in [5.74, 6) is -1.23. The Bertz CT molecular complexity index is 936. The SMILES string of the molecule is O=C(O)[C@H](c1c[nH]c2cc(F)ccc12)N1CCN(Cc2cccnc2)CC1. The molecule has 0 aliphatic carbocycles. The van der Waals surface area contributed by atoms with Crippen molar-refractivity contribution in [3.05, 3.63) is 65.9 Å². The molecule has 0 saturated carbocycles. The van der Waals surface area contributed by atoms with Crippen LogP contribution in [0.4, 0.5) is 4.39 Å². The summed E-state index contributed by atoms with van der Waals surface area (Å²) in [6, 6.07) is 7.62. The molecule has 7 heteroatoms. The van der Waals surface area contributed by atoms with Crippen LogP contribution in [0.3, 0.4) is 0 Å². The Morgan fingerprint density at radius 1 is 1.26 bits per heavy atom. The van der Waals surface area contributed by atoms with E-state index in [2.05, 4.69) is 14.9 Å². The van der Waals surface area contributed by atoms with Crippen molar-refractivity contribution in [2.45, 2.75) is 12.6 Å². The van der Waals surface area contributed by atoms with E-state index in [1.54, 1.807) is 18.5 Å². The lowest BCUT2D eigenvalue weighted by Crippen LogP contribution is -2.48. The second kappa shape index (κ2) is 7.46. The van der Waals surface area contributed by atoms with Crippen LogP contribution in [-0.2, 0) is 11.3 Å². The number of carboxylic acids is 1. The third-order valence-corrected chi connectivity index (χ3v) is 5.11. The van der Waals surface area contributed by atoms with E-state index in [9.17, 15) is 14.3 Å². The van der Waals surface area contributed by atoms with Crippen LogP contribution >= 0.6 is 0 Å². The van der Waals surface area contributed by atoms with E-state index < -0.39 is 12.0 Å². The molecule has 140 valence electrons. The highest BCUT2D eigenvalue weighted by Gasteiger charge is 2.32. The Labute approximate surface area is 156 Å². The number of aromatic amines is 1. The molecule has 1 aliphatic heterocycles. The van der Waals surface area contributed by atoms with Crippen LogP contribution in [0.15, 0.2) is 48.9 Å². The van der Waals surface area contributed by atoms with Crippen molar-refractivity contribution < 1.29 is 14.3 Å². The number of carbonyl (C=O) groups is 1. The average Bonchev–Trinajstić information content (AvgIpc) is 3.06. The number of benzene rings is 1. The third-order valence-electron chi connectivity index (χ3n) is 5.11. The molecule has 1 saturated heterocycles. The first-order valence-electron chi connectivity index (χ1n) is 8.96. The first kappa shape index (κ1) is 17.6. The Balaban J connectivity index is 1.49. The molecule has 0 spiro atoms. The van der Waals surface area contributed by atoms with Crippen molar-refractivity contribution in [3.8, 4) is 0 Å². The van der Waals surface area contributed by atoms with Gasteiger partial charge in [-0.15, -0.1) is 0 Å². The number of carboxylic acid groups (broad SMARTS) is 1. The first-order valence-corrected chi connectivity index (χ1v) is 8.96. The maximum atomic E-state index is 13.4. The normalized spacial score (nSPS) is 17.2. The van der Waals surface area contributed by atoms with Gasteiger partial charge < -0.3 is 10.1 Å². The monoisotopic (exact) mass is 368 g/mol. The van der Waals surface area contributed by atoms with E-state index in [1.165, 1.54) is 12.1 Å². The van der Waals surface area contributed by atoms with Gasteiger partial charge in [0.1, 0.15) is 11.9 Å². The van der Waals surface area contributed by atoms with Crippen molar-refractivity contribution in [2.24, 2.45) is 0 Å². The summed E-state index contributed by atoms with van der Waals surface area (Å²) in [7, 11) is 0. The van der Waals surface area contributed by atoms with Crippen molar-refractivity contribution in [3.63, 3.8) is 0 Å². The van der Waals surface area contributed by atoms with E-state index in [0.29, 0.717) is 24.2 Å². The zero-order chi connectivity index (χ0) is 18.8. The van der Waals surface area contributed by atoms with E-state index in [0.717, 1.165) is 30.6 Å². The summed E-state index contributed by atoms with van der Waals surface area (Å²) in [4.78, 5) is 23.4. The molecule has 3 aromatic rings. The van der Waals surface area contributed by atoms with Gasteiger partial charge in [-0.05, 0) is 29.8 Å². The lowest BCUT2D eigenvalue weighted by atomic mass is 10.0. The number of pyridine rings is 1. The highest BCUT2D eigenvalue weighted by atomic mass is 19.1. The van der Waals surface area contributed by atoms with Crippen LogP contribution in [-0.4, -0.2) is 57.0 Å². The van der Waals surface area contributed by atoms with Gasteiger partial charge in [-0.3, -0.25) is 19.6 Å². The quantitative estimate of drug-likeness (QED) is 0.724. The number of hydrogen-bond acceptors (Lipinski definition) is 4. The molecule has 0 unspecified atom stereocenters. The van der Waals surface area contributed by atoms with E-state index in [-0.39, 0.29) is 5.82 Å². The molecule has 0 bridgehead atoms. The minimum absolute atomic E-state index is 0.341. The summed E-state index contributed by atoms with van der Waals surface area (Å²) >= 11 is 0. The maximum absolute atomic E-state index is 13.4. The first-order chi connectivity index (χ1) is 13.1. The molecule has 0 amide bonds. The maximum Gasteiger partial charge on any atom is 0.325 e. The predicted molar refractivity (Wildman–Crippen MR) is 99.7 cm³/mol. The minimum atomic E-state index is -0.888. The number of rotatable bonds is 5. The Morgan fingerprint density at radius 2 is 2.07 bits per heavy atom. The van der Waals surface area contributed by atoms with Gasteiger partial charge in [-0.25, -0.2) is 4.39 Å². The third kappa shape index (κ3) is 3.70. The van der Waals surface area contributed by atoms with E-state index >= 15 is 0 Å². The molecule has 27 heavy (non-hydrogen) atoms. The zero-order valence-electron chi connectivity index (χ0n) is 14.8. The van der Waals surface area contributed by atoms with Crippen molar-refractivity contribution in [1.82, 2.24) is 19.8 Å². The van der Waals surface area contributed by atoms with Gasteiger partial charge in [-0.2, -0.15) is 0 Å². The van der Waals surface area contributed by atoms with Gasteiger partial charge in [0, 0.05) is 67.8 Å². The molecule has 1 aromatic carbocycles. The molecule has 1 aliphatic rings. The van der Waals surface area contributed by atoms with E-state index in [4.69, 9.17) is 0 Å². The summed E-state index contributed by atoms with van der Waals surface area (Å²) in [5, 5.41) is 10.6. The molecule has 1 fully saturated rings. The van der Waals surface area contributed by atoms with Gasteiger partial charge in [0.2, 0.25) is 0 Å². The fourth-order valence-electron chi connectivity index (χ4n) is 3.76. The number of nitrogens with zero attached hydrogens (tertiary/aromatic N) is 3. The number of nitrogens with one attached hydrogen (secondary N) is 1. The number of halogens is 1. The van der Waals surface area contributed by atoms with Gasteiger partial charge in [0.05, 0.1) is 0 Å². The van der Waals surface area contributed by atoms with Crippen LogP contribution in [0.5, 0.6) is 0 Å². The molecule has 1 atom stereocenters. The van der Waals surface area contributed by atoms with Gasteiger partial charge in [-0.1, -0.05) is 6.07 Å². The largest absolute Gasteiger partial charge is 0.480 e. The molecule has 2 N–H and O–H groups in total. The summed E-state index contributed by atoms with van der Waals surface area (Å²) in [6.45, 7) is 3.70. The van der Waals surface area contributed by atoms with Crippen LogP contribution < -0.4 is 0 Å². The van der Waals surface area contributed by atoms with Crippen molar-refractivity contribution >= 4 is 16.9 Å². The second-order valence-corrected chi connectivity index (χ2v) is 6.85. The summed E-state index contributed by atoms with van der Waals surface area (Å²) < 4.78 is 13.4. The Kier molecular flexibility index (Phi) is 4.87. The molecular formula is C20H21FN4O2. The number of fused-ring (bicyclic) bond motifs is 1. The van der Waals surface area contributed by atoms with Crippen LogP contribution in [0, 0.1) is 5.82 Å². The van der Waals surface area contributed by atoms with Crippen molar-refractivity contribution in [2.75, 3.05) is 26.2 Å². The van der Waals surface area contributed by atoms with Crippen LogP contribution in [0.2, 0.25) is 0 Å². The van der Waals surface area contributed by atoms with Gasteiger partial charge >= 0.3 is 5.97 Å². The number of piperazine rings is 1. The van der Waals surface area contributed by atoms with Crippen LogP contribution in [0.25, 0.3) is 10.9 Å². The number of hydrogen-bond donors (Lipinski definition) is 2. The molecule has 4 rings (SSSR count). The minimum Gasteiger partial charge on any atom is -0.480 e. The highest BCUT2D eigenvalue weighted by molar-refractivity contribution is 5.89. The molecule has 2 aromatic heterocycles. The number of H-pyrrole nitrogens is 1. The second-order valence-electron chi connectivity index (χ2n) is 6.85. The van der Waals surface area contributed by atoms with Crippen LogP contribution in [0.1, 0.15) is 17.2 Å². The van der Waals surface area contributed by atoms with E-state index in [1.807, 2.05) is 23.2 Å². The summed E-state index contributed by atoms with van der Waals surface area (Å²) in [6.07, 6.45) is 5.30. The molecule has 3 heterocycles. The molecular weight excluding hydrogens is 347 g/mol. The zero-order valence-corrected chi connectivity index (χ0v) is 14.8. The lowest BCUT2D eigenvalue weighted by molar-refractivity contribution is -0.144. The smallest absolute Gasteiger partial charge is 0.325 e. The average molecular weight is 368 g/mol. The Hall–Kier alpha value is -2.77. The van der Waals surface area contributed by atoms with Crippen molar-refractivity contribution in [1.29, 1.82) is 0 Å². The van der Waals surface area contributed by atoms with Gasteiger partial charge in [0.25, 0.3) is 0 Å². The predicted octanol–water partition coefficient (Wildman–Crippen LogP) is 2.65. The number of aromatic nitrogens is 2. The lowest BCUT2D eigenvalue weighted by Gasteiger charge is -2.37. The number of aliphatic carboxylic acids is 1. The Morgan fingerprint density at radius 3 is 2.78 bits per heavy atom. The molecule has 0 radical (unpaired) electrons. The topological polar surface area (TPSA) is 72.5 Å². The van der Waals surface area contributed by atoms with Gasteiger partial charge in [0.15, 0.2) is 0 Å². The fourth-order valence-corrected chi connectivity index (χ4v) is 3.76. The molecule has 6 nitrogen and oxygen atoms in total. The summed E-state index contributed by atoms with van der Waals surface area (Å²) in [5.41, 5.74) is 2.45. The highest BCUT2D eigenvalue weighted by Crippen LogP contribution is 2.30. The fraction of sp³-hybridized carbons (Fsp3) is 0.300.